The molecule has 7 heteroatoms. The van der Waals surface area contributed by atoms with E-state index in [0.29, 0.717) is 0 Å². The first-order chi connectivity index (χ1) is 8.28. The Hall–Kier alpha value is 1.18. The predicted octanol–water partition coefficient (Wildman–Crippen LogP) is 4.40. The van der Waals surface area contributed by atoms with Crippen molar-refractivity contribution < 1.29 is 4.74 Å². The molecule has 0 aromatic rings. The topological polar surface area (TPSA) is 9.23 Å². The van der Waals surface area contributed by atoms with Gasteiger partial charge in [0.05, 0.1) is 22.3 Å². The van der Waals surface area contributed by atoms with Gasteiger partial charge in [-0.2, -0.15) is 0 Å². The lowest BCUT2D eigenvalue weighted by atomic mass is 9.75. The van der Waals surface area contributed by atoms with Crippen LogP contribution in [0, 0.1) is 11.8 Å². The number of rotatable bonds is 0. The molecule has 6 atom stereocenters. The van der Waals surface area contributed by atoms with E-state index in [9.17, 15) is 0 Å². The molecule has 98 valence electrons. The highest BCUT2D eigenvalue weighted by Gasteiger charge is 2.86. The summed E-state index contributed by atoms with van der Waals surface area (Å²) in [5.41, 5.74) is 0. The van der Waals surface area contributed by atoms with Crippen LogP contribution < -0.4 is 0 Å². The molecule has 0 spiro atoms. The van der Waals surface area contributed by atoms with Gasteiger partial charge in [0.25, 0.3) is 0 Å². The smallest absolute Gasteiger partial charge is 0.167 e. The first-order valence-electron chi connectivity index (χ1n) is 5.43. The highest BCUT2D eigenvalue weighted by atomic mass is 35.5. The van der Waals surface area contributed by atoms with Gasteiger partial charge in [0.1, 0.15) is 9.75 Å². The second kappa shape index (κ2) is 3.32. The van der Waals surface area contributed by atoms with Gasteiger partial charge in [-0.05, 0) is 0 Å². The van der Waals surface area contributed by atoms with E-state index in [2.05, 4.69) is 0 Å². The highest BCUT2D eigenvalue weighted by molar-refractivity contribution is 6.65. The second-order valence-electron chi connectivity index (χ2n) is 5.13. The van der Waals surface area contributed by atoms with Crippen molar-refractivity contribution in [1.82, 2.24) is 0 Å². The standard InChI is InChI=1S/C11H6Cl6O/c12-7-8(13)10(15)6-4-2-1-3(18-4)5(6)9(7,14)11(10,16)17/h1-6H/t3-,4+,5+,6-,9+,10-. The molecule has 0 radical (unpaired) electrons. The third-order valence-electron chi connectivity index (χ3n) is 4.56. The lowest BCUT2D eigenvalue weighted by molar-refractivity contribution is 0.0920. The first-order valence-corrected chi connectivity index (χ1v) is 7.70. The minimum absolute atomic E-state index is 0.156. The number of hydrogen-bond donors (Lipinski definition) is 0. The summed E-state index contributed by atoms with van der Waals surface area (Å²) in [4.78, 5) is -2.38. The normalized spacial score (nSPS) is 58.8. The van der Waals surface area contributed by atoms with E-state index >= 15 is 0 Å². The molecule has 18 heavy (non-hydrogen) atoms. The van der Waals surface area contributed by atoms with Gasteiger partial charge >= 0.3 is 0 Å². The summed E-state index contributed by atoms with van der Waals surface area (Å²) < 4.78 is 4.35. The molecule has 2 aliphatic carbocycles. The molecule has 0 unspecified atom stereocenters. The maximum absolute atomic E-state index is 6.68. The number of allylic oxidation sites excluding steroid dienone is 2. The molecule has 0 N–H and O–H groups in total. The molecule has 1 nitrogen and oxygen atoms in total. The Balaban J connectivity index is 2.03. The predicted molar refractivity (Wildman–Crippen MR) is 75.1 cm³/mol. The summed E-state index contributed by atoms with van der Waals surface area (Å²) in [5.74, 6) is -0.312. The second-order valence-corrected chi connectivity index (χ2v) is 8.40. The highest BCUT2D eigenvalue weighted by Crippen LogP contribution is 2.79. The van der Waals surface area contributed by atoms with E-state index in [-0.39, 0.29) is 34.1 Å². The van der Waals surface area contributed by atoms with Crippen LogP contribution in [0.25, 0.3) is 0 Å². The van der Waals surface area contributed by atoms with Gasteiger partial charge in [0.2, 0.25) is 0 Å². The van der Waals surface area contributed by atoms with Crippen LogP contribution in [-0.4, -0.2) is 26.3 Å². The number of ether oxygens (including phenoxy) is 1. The van der Waals surface area contributed by atoms with Crippen molar-refractivity contribution in [2.45, 2.75) is 26.3 Å². The zero-order chi connectivity index (χ0) is 13.1. The van der Waals surface area contributed by atoms with Crippen molar-refractivity contribution in [1.29, 1.82) is 0 Å². The molecular weight excluding hydrogens is 361 g/mol. The van der Waals surface area contributed by atoms with Crippen LogP contribution in [-0.2, 0) is 4.74 Å². The molecule has 2 heterocycles. The van der Waals surface area contributed by atoms with Crippen molar-refractivity contribution in [3.8, 4) is 0 Å². The molecule has 4 aliphatic rings. The van der Waals surface area contributed by atoms with Crippen LogP contribution in [0.4, 0.5) is 0 Å². The van der Waals surface area contributed by atoms with E-state index in [1.807, 2.05) is 12.2 Å². The minimum Gasteiger partial charge on any atom is -0.366 e. The summed E-state index contributed by atoms with van der Waals surface area (Å²) in [6.45, 7) is 0. The lowest BCUT2D eigenvalue weighted by Gasteiger charge is -2.35. The van der Waals surface area contributed by atoms with Crippen molar-refractivity contribution in [2.24, 2.45) is 11.8 Å². The molecule has 0 amide bonds. The van der Waals surface area contributed by atoms with E-state index in [1.165, 1.54) is 0 Å². The molecule has 4 rings (SSSR count). The third-order valence-corrected chi connectivity index (χ3v) is 8.86. The van der Waals surface area contributed by atoms with Crippen molar-refractivity contribution in [3.05, 3.63) is 22.2 Å². The zero-order valence-corrected chi connectivity index (χ0v) is 13.2. The van der Waals surface area contributed by atoms with Crippen LogP contribution in [0.5, 0.6) is 0 Å². The third kappa shape index (κ3) is 0.968. The molecular formula is C11H6Cl6O. The van der Waals surface area contributed by atoms with Crippen LogP contribution in [0.1, 0.15) is 0 Å². The quantitative estimate of drug-likeness (QED) is 0.456. The molecule has 4 bridgehead atoms. The summed E-state index contributed by atoms with van der Waals surface area (Å²) in [7, 11) is 0. The monoisotopic (exact) mass is 364 g/mol. The van der Waals surface area contributed by atoms with Crippen LogP contribution in [0.2, 0.25) is 0 Å². The Bertz CT molecular complexity index is 486. The Morgan fingerprint density at radius 2 is 1.22 bits per heavy atom. The maximum atomic E-state index is 6.68. The zero-order valence-electron chi connectivity index (χ0n) is 8.64. The minimum atomic E-state index is -1.45. The van der Waals surface area contributed by atoms with Crippen LogP contribution in [0.3, 0.4) is 0 Å². The largest absolute Gasteiger partial charge is 0.366 e. The SMILES string of the molecule is ClC1=C(Cl)[C@]2(Cl)[C@H]3[C@H]([C@H]4C=C[C@@H]3O4)[C@@]1(Cl)C2(Cl)Cl. The van der Waals surface area contributed by atoms with Crippen LogP contribution >= 0.6 is 69.6 Å². The first kappa shape index (κ1) is 12.9. The number of hydrogen-bond acceptors (Lipinski definition) is 1. The van der Waals surface area contributed by atoms with Crippen LogP contribution in [0.15, 0.2) is 22.2 Å². The van der Waals surface area contributed by atoms with E-state index in [0.717, 1.165) is 0 Å². The van der Waals surface area contributed by atoms with E-state index in [1.54, 1.807) is 0 Å². The van der Waals surface area contributed by atoms with Crippen molar-refractivity contribution >= 4 is 69.6 Å². The summed E-state index contributed by atoms with van der Waals surface area (Å²) in [6.07, 6.45) is 3.60. The fourth-order valence-electron chi connectivity index (χ4n) is 3.83. The summed E-state index contributed by atoms with van der Waals surface area (Å²) in [6, 6.07) is 0. The van der Waals surface area contributed by atoms with Gasteiger partial charge in [-0.25, -0.2) is 0 Å². The van der Waals surface area contributed by atoms with Crippen molar-refractivity contribution in [3.63, 3.8) is 0 Å². The Morgan fingerprint density at radius 3 is 1.61 bits per heavy atom. The summed E-state index contributed by atoms with van der Waals surface area (Å²) in [5, 5.41) is 0.494. The molecule has 2 aliphatic heterocycles. The van der Waals surface area contributed by atoms with E-state index in [4.69, 9.17) is 74.3 Å². The van der Waals surface area contributed by atoms with Gasteiger partial charge in [-0.1, -0.05) is 58.6 Å². The Morgan fingerprint density at radius 1 is 0.833 bits per heavy atom. The Kier molecular flexibility index (Phi) is 2.38. The van der Waals surface area contributed by atoms with E-state index < -0.39 is 14.1 Å². The van der Waals surface area contributed by atoms with Gasteiger partial charge in [0, 0.05) is 11.8 Å². The molecule has 1 saturated carbocycles. The van der Waals surface area contributed by atoms with Gasteiger partial charge < -0.3 is 4.74 Å². The number of alkyl halides is 4. The summed E-state index contributed by atoms with van der Waals surface area (Å²) >= 11 is 38.8. The van der Waals surface area contributed by atoms with Gasteiger partial charge in [0.15, 0.2) is 4.33 Å². The maximum Gasteiger partial charge on any atom is 0.167 e. The van der Waals surface area contributed by atoms with Gasteiger partial charge in [-0.3, -0.25) is 0 Å². The fourth-order valence-corrected chi connectivity index (χ4v) is 6.89. The number of fused-ring (bicyclic) bond motifs is 9. The molecule has 2 fully saturated rings. The van der Waals surface area contributed by atoms with Crippen molar-refractivity contribution in [2.75, 3.05) is 0 Å². The molecule has 0 aromatic carbocycles. The molecule has 0 aromatic heterocycles. The molecule has 1 saturated heterocycles. The fraction of sp³-hybridized carbons (Fsp3) is 0.636. The number of halogens is 6. The average molecular weight is 367 g/mol. The average Bonchev–Trinajstić information content (AvgIpc) is 2.97. The van der Waals surface area contributed by atoms with Gasteiger partial charge in [-0.15, -0.1) is 23.2 Å². The lowest BCUT2D eigenvalue weighted by Crippen LogP contribution is -2.47. The Labute approximate surface area is 134 Å².